The second-order valence-electron chi connectivity index (χ2n) is 6.93. The highest BCUT2D eigenvalue weighted by Gasteiger charge is 2.17. The summed E-state index contributed by atoms with van der Waals surface area (Å²) >= 11 is 0. The van der Waals surface area contributed by atoms with Gasteiger partial charge in [-0.25, -0.2) is 0 Å². The summed E-state index contributed by atoms with van der Waals surface area (Å²) in [5.74, 6) is 0.961. The number of nitrogens with zero attached hydrogens (tertiary/aromatic N) is 2. The van der Waals surface area contributed by atoms with Crippen molar-refractivity contribution < 1.29 is 9.47 Å². The van der Waals surface area contributed by atoms with Gasteiger partial charge >= 0.3 is 0 Å². The highest BCUT2D eigenvalue weighted by Crippen LogP contribution is 2.22. The largest absolute Gasteiger partial charge is 0.491 e. The third-order valence-electron chi connectivity index (χ3n) is 4.95. The maximum absolute atomic E-state index is 6.07. The lowest BCUT2D eigenvalue weighted by molar-refractivity contribution is 0.0675. The summed E-state index contributed by atoms with van der Waals surface area (Å²) in [7, 11) is 1.99. The minimum Gasteiger partial charge on any atom is -0.491 e. The molecule has 0 spiro atoms. The van der Waals surface area contributed by atoms with E-state index in [1.807, 2.05) is 11.7 Å². The Balaban J connectivity index is 1.61. The lowest BCUT2D eigenvalue weighted by Gasteiger charge is -2.16. The minimum atomic E-state index is 0.238. The summed E-state index contributed by atoms with van der Waals surface area (Å²) in [6, 6.07) is 6.40. The van der Waals surface area contributed by atoms with Gasteiger partial charge in [0.05, 0.1) is 11.8 Å². The standard InChI is InChI=1S/C20H29N3O2/c1-14-7-8-17(20(10-14)25-13-18-6-5-9-24-18)11-21-12-19-15(2)22-23(4)16(19)3/h7-8,10,18,21H,5-6,9,11-13H2,1-4H3. The van der Waals surface area contributed by atoms with Gasteiger partial charge in [-0.05, 0) is 45.2 Å². The summed E-state index contributed by atoms with van der Waals surface area (Å²) in [6.07, 6.45) is 2.47. The summed E-state index contributed by atoms with van der Waals surface area (Å²) in [5, 5.41) is 8.01. The Bertz CT molecular complexity index is 718. The van der Waals surface area contributed by atoms with Crippen molar-refractivity contribution in [3.63, 3.8) is 0 Å². The molecule has 0 aliphatic carbocycles. The number of hydrogen-bond acceptors (Lipinski definition) is 4. The number of rotatable bonds is 7. The Kier molecular flexibility index (Phi) is 5.76. The van der Waals surface area contributed by atoms with E-state index >= 15 is 0 Å². The van der Waals surface area contributed by atoms with E-state index in [9.17, 15) is 0 Å². The first-order valence-corrected chi connectivity index (χ1v) is 9.08. The normalized spacial score (nSPS) is 17.2. The van der Waals surface area contributed by atoms with Crippen LogP contribution < -0.4 is 10.1 Å². The molecular formula is C20H29N3O2. The van der Waals surface area contributed by atoms with Crippen LogP contribution in [0.2, 0.25) is 0 Å². The molecule has 1 aliphatic heterocycles. The van der Waals surface area contributed by atoms with Crippen LogP contribution >= 0.6 is 0 Å². The van der Waals surface area contributed by atoms with E-state index in [2.05, 4.69) is 49.4 Å². The molecule has 1 saturated heterocycles. The highest BCUT2D eigenvalue weighted by atomic mass is 16.5. The van der Waals surface area contributed by atoms with Gasteiger partial charge in [-0.3, -0.25) is 4.68 Å². The van der Waals surface area contributed by atoms with Crippen molar-refractivity contribution in [2.24, 2.45) is 7.05 Å². The van der Waals surface area contributed by atoms with Crippen LogP contribution in [0, 0.1) is 20.8 Å². The molecule has 1 unspecified atom stereocenters. The zero-order chi connectivity index (χ0) is 17.8. The molecule has 3 rings (SSSR count). The van der Waals surface area contributed by atoms with E-state index < -0.39 is 0 Å². The van der Waals surface area contributed by atoms with Crippen molar-refractivity contribution >= 4 is 0 Å². The fourth-order valence-corrected chi connectivity index (χ4v) is 3.30. The molecule has 1 aromatic heterocycles. The fraction of sp³-hybridized carbons (Fsp3) is 0.550. The molecule has 0 bridgehead atoms. The Hall–Kier alpha value is -1.85. The van der Waals surface area contributed by atoms with Gasteiger partial charge in [-0.1, -0.05) is 12.1 Å². The van der Waals surface area contributed by atoms with Gasteiger partial charge in [0.1, 0.15) is 12.4 Å². The first-order chi connectivity index (χ1) is 12.0. The first kappa shape index (κ1) is 18.0. The number of hydrogen-bond donors (Lipinski definition) is 1. The number of ether oxygens (including phenoxy) is 2. The third kappa shape index (κ3) is 4.41. The average Bonchev–Trinajstić information content (AvgIpc) is 3.18. The van der Waals surface area contributed by atoms with E-state index in [1.165, 1.54) is 22.4 Å². The molecule has 25 heavy (non-hydrogen) atoms. The lowest BCUT2D eigenvalue weighted by Crippen LogP contribution is -2.18. The molecule has 136 valence electrons. The molecule has 1 aromatic carbocycles. The molecule has 2 aromatic rings. The lowest BCUT2D eigenvalue weighted by atomic mass is 10.1. The van der Waals surface area contributed by atoms with Crippen LogP contribution in [0.15, 0.2) is 18.2 Å². The molecule has 5 heteroatoms. The van der Waals surface area contributed by atoms with Crippen LogP contribution in [-0.2, 0) is 24.9 Å². The second-order valence-corrected chi connectivity index (χ2v) is 6.93. The number of nitrogens with one attached hydrogen (secondary N) is 1. The van der Waals surface area contributed by atoms with E-state index in [1.54, 1.807) is 0 Å². The maximum Gasteiger partial charge on any atom is 0.124 e. The van der Waals surface area contributed by atoms with Gasteiger partial charge in [-0.15, -0.1) is 0 Å². The third-order valence-corrected chi connectivity index (χ3v) is 4.95. The Labute approximate surface area is 150 Å². The van der Waals surface area contributed by atoms with Crippen LogP contribution in [0.5, 0.6) is 5.75 Å². The Morgan fingerprint density at radius 1 is 1.28 bits per heavy atom. The van der Waals surface area contributed by atoms with Crippen molar-refractivity contribution in [1.82, 2.24) is 15.1 Å². The monoisotopic (exact) mass is 343 g/mol. The van der Waals surface area contributed by atoms with E-state index in [0.717, 1.165) is 44.0 Å². The van der Waals surface area contributed by atoms with Crippen LogP contribution in [-0.4, -0.2) is 29.1 Å². The van der Waals surface area contributed by atoms with Crippen LogP contribution in [0.4, 0.5) is 0 Å². The Morgan fingerprint density at radius 2 is 2.12 bits per heavy atom. The van der Waals surface area contributed by atoms with Gasteiger partial charge in [0, 0.05) is 43.6 Å². The van der Waals surface area contributed by atoms with Crippen molar-refractivity contribution in [3.8, 4) is 5.75 Å². The van der Waals surface area contributed by atoms with E-state index in [4.69, 9.17) is 9.47 Å². The molecule has 1 fully saturated rings. The molecule has 0 amide bonds. The van der Waals surface area contributed by atoms with Crippen LogP contribution in [0.25, 0.3) is 0 Å². The fourth-order valence-electron chi connectivity index (χ4n) is 3.30. The highest BCUT2D eigenvalue weighted by molar-refractivity contribution is 5.37. The SMILES string of the molecule is Cc1ccc(CNCc2c(C)nn(C)c2C)c(OCC2CCCO2)c1. The average molecular weight is 343 g/mol. The van der Waals surface area contributed by atoms with Crippen molar-refractivity contribution in [2.75, 3.05) is 13.2 Å². The van der Waals surface area contributed by atoms with Crippen molar-refractivity contribution in [3.05, 3.63) is 46.3 Å². The van der Waals surface area contributed by atoms with Crippen LogP contribution in [0.1, 0.15) is 40.9 Å². The number of aryl methyl sites for hydroxylation is 3. The Morgan fingerprint density at radius 3 is 2.80 bits per heavy atom. The molecule has 0 saturated carbocycles. The molecule has 0 radical (unpaired) electrons. The quantitative estimate of drug-likeness (QED) is 0.839. The zero-order valence-corrected chi connectivity index (χ0v) is 15.8. The van der Waals surface area contributed by atoms with Gasteiger partial charge in [0.15, 0.2) is 0 Å². The molecule has 2 heterocycles. The summed E-state index contributed by atoms with van der Waals surface area (Å²) in [6.45, 7) is 9.35. The molecule has 5 nitrogen and oxygen atoms in total. The maximum atomic E-state index is 6.07. The van der Waals surface area contributed by atoms with Gasteiger partial charge in [-0.2, -0.15) is 5.10 Å². The number of aromatic nitrogens is 2. The summed E-state index contributed by atoms with van der Waals surface area (Å²) < 4.78 is 13.7. The van der Waals surface area contributed by atoms with Gasteiger partial charge in [0.2, 0.25) is 0 Å². The first-order valence-electron chi connectivity index (χ1n) is 9.08. The summed E-state index contributed by atoms with van der Waals surface area (Å²) in [5.41, 5.74) is 5.97. The van der Waals surface area contributed by atoms with Crippen molar-refractivity contribution in [2.45, 2.75) is 52.8 Å². The zero-order valence-electron chi connectivity index (χ0n) is 15.8. The molecular weight excluding hydrogens is 314 g/mol. The van der Waals surface area contributed by atoms with E-state index in [0.29, 0.717) is 6.61 Å². The smallest absolute Gasteiger partial charge is 0.124 e. The molecule has 1 atom stereocenters. The minimum absolute atomic E-state index is 0.238. The summed E-state index contributed by atoms with van der Waals surface area (Å²) in [4.78, 5) is 0. The molecule has 1 aliphatic rings. The number of benzene rings is 1. The second kappa shape index (κ2) is 8.02. The van der Waals surface area contributed by atoms with Crippen molar-refractivity contribution in [1.29, 1.82) is 0 Å². The molecule has 1 N–H and O–H groups in total. The van der Waals surface area contributed by atoms with Crippen LogP contribution in [0.3, 0.4) is 0 Å². The van der Waals surface area contributed by atoms with Gasteiger partial charge in [0.25, 0.3) is 0 Å². The van der Waals surface area contributed by atoms with Gasteiger partial charge < -0.3 is 14.8 Å². The predicted molar refractivity (Wildman–Crippen MR) is 98.9 cm³/mol. The predicted octanol–water partition coefficient (Wildman–Crippen LogP) is 3.19. The van der Waals surface area contributed by atoms with E-state index in [-0.39, 0.29) is 6.10 Å². The topological polar surface area (TPSA) is 48.3 Å².